The molecule has 0 aliphatic carbocycles. The van der Waals surface area contributed by atoms with Crippen LogP contribution in [-0.2, 0) is 25.7 Å². The van der Waals surface area contributed by atoms with E-state index in [-0.39, 0.29) is 17.9 Å². The predicted molar refractivity (Wildman–Crippen MR) is 232 cm³/mol. The Morgan fingerprint density at radius 1 is 0.825 bits per heavy atom. The molecule has 1 unspecified atom stereocenters. The number of anilines is 1. The van der Waals surface area contributed by atoms with E-state index in [0.717, 1.165) is 129 Å². The zero-order valence-corrected chi connectivity index (χ0v) is 34.5. The highest BCUT2D eigenvalue weighted by Gasteiger charge is 2.23. The number of carbonyl (C=O) groups excluding carboxylic acids is 2. The molecule has 2 aromatic carbocycles. The second-order valence-corrected chi connectivity index (χ2v) is 17.5. The molecule has 4 aromatic heterocycles. The Morgan fingerprint density at radius 3 is 2.32 bits per heavy atom. The Morgan fingerprint density at radius 2 is 1.54 bits per heavy atom. The molecule has 8 rings (SSSR count). The molecule has 0 saturated carbocycles. The van der Waals surface area contributed by atoms with Crippen LogP contribution in [-0.4, -0.2) is 120 Å². The van der Waals surface area contributed by atoms with Gasteiger partial charge in [0.25, 0.3) is 11.8 Å². The average molecular weight is 807 g/mol. The van der Waals surface area contributed by atoms with Gasteiger partial charge in [0.15, 0.2) is 5.13 Å². The summed E-state index contributed by atoms with van der Waals surface area (Å²) in [6.45, 7) is 9.42. The summed E-state index contributed by atoms with van der Waals surface area (Å²) in [5.74, 6) is -0.114. The molecule has 57 heavy (non-hydrogen) atoms. The van der Waals surface area contributed by atoms with Crippen LogP contribution in [0.4, 0.5) is 5.13 Å². The average Bonchev–Trinajstić information content (AvgIpc) is 4.06. The topological polar surface area (TPSA) is 137 Å². The largest absolute Gasteiger partial charge is 0.361 e. The van der Waals surface area contributed by atoms with E-state index >= 15 is 0 Å². The molecule has 2 fully saturated rings. The lowest BCUT2D eigenvalue weighted by molar-refractivity contribution is 0.0934. The van der Waals surface area contributed by atoms with Crippen LogP contribution in [0.1, 0.15) is 60.4 Å². The van der Waals surface area contributed by atoms with Crippen LogP contribution in [0.5, 0.6) is 0 Å². The maximum Gasteiger partial charge on any atom is 0.263 e. The molecule has 0 spiro atoms. The van der Waals surface area contributed by atoms with Crippen LogP contribution in [0, 0.1) is 0 Å². The highest BCUT2D eigenvalue weighted by molar-refractivity contribution is 7.17. The molecule has 0 radical (unpaired) electrons. The maximum atomic E-state index is 13.8. The number of carbonyl (C=O) groups is 2. The second kappa shape index (κ2) is 18.8. The molecule has 6 aromatic rings. The molecule has 300 valence electrons. The predicted octanol–water partition coefficient (Wildman–Crippen LogP) is 5.49. The van der Waals surface area contributed by atoms with Gasteiger partial charge in [0, 0.05) is 112 Å². The summed E-state index contributed by atoms with van der Waals surface area (Å²) in [6.07, 6.45) is 11.4. The van der Waals surface area contributed by atoms with Gasteiger partial charge in [-0.05, 0) is 62.4 Å². The van der Waals surface area contributed by atoms with Crippen molar-refractivity contribution in [2.24, 2.45) is 0 Å². The van der Waals surface area contributed by atoms with Gasteiger partial charge in [-0.3, -0.25) is 9.59 Å². The number of fused-ring (bicyclic) bond motifs is 2. The SMILES string of the molecule is CN1CCN(CCc2nc(CCCCC(Cc3c[nH]c4ccccc34)NC(=O)c3cnc(N4CCNCC4)s3)c(C(=O)NCCc3c[nH]c4ccccc34)s2)CC1. The number of benzene rings is 2. The van der Waals surface area contributed by atoms with Crippen LogP contribution in [0.15, 0.2) is 67.1 Å². The van der Waals surface area contributed by atoms with E-state index in [1.54, 1.807) is 17.5 Å². The summed E-state index contributed by atoms with van der Waals surface area (Å²) < 4.78 is 0. The molecular weight excluding hydrogens is 753 g/mol. The fourth-order valence-corrected chi connectivity index (χ4v) is 9.90. The van der Waals surface area contributed by atoms with E-state index in [4.69, 9.17) is 4.98 Å². The van der Waals surface area contributed by atoms with Crippen molar-refractivity contribution in [3.8, 4) is 0 Å². The lowest BCUT2D eigenvalue weighted by atomic mass is 9.99. The van der Waals surface area contributed by atoms with Crippen molar-refractivity contribution in [2.45, 2.75) is 51.0 Å². The van der Waals surface area contributed by atoms with Gasteiger partial charge < -0.3 is 40.6 Å². The number of amides is 2. The number of H-pyrrole nitrogens is 2. The van der Waals surface area contributed by atoms with Gasteiger partial charge in [0.1, 0.15) is 9.75 Å². The van der Waals surface area contributed by atoms with E-state index in [1.165, 1.54) is 33.2 Å². The number of rotatable bonds is 17. The Bertz CT molecular complexity index is 2240. The Labute approximate surface area is 342 Å². The first kappa shape index (κ1) is 39.2. The summed E-state index contributed by atoms with van der Waals surface area (Å²) >= 11 is 3.02. The summed E-state index contributed by atoms with van der Waals surface area (Å²) in [5, 5.41) is 14.3. The zero-order chi connectivity index (χ0) is 39.0. The molecule has 1 atom stereocenters. The molecule has 2 saturated heterocycles. The van der Waals surface area contributed by atoms with Gasteiger partial charge in [-0.25, -0.2) is 9.97 Å². The number of aryl methyl sites for hydroxylation is 1. The van der Waals surface area contributed by atoms with Crippen LogP contribution in [0.2, 0.25) is 0 Å². The summed E-state index contributed by atoms with van der Waals surface area (Å²) in [7, 11) is 2.18. The quantitative estimate of drug-likeness (QED) is 0.0765. The highest BCUT2D eigenvalue weighted by atomic mass is 32.1. The molecule has 12 nitrogen and oxygen atoms in total. The Hall–Kier alpha value is -4.60. The van der Waals surface area contributed by atoms with Crippen molar-refractivity contribution in [2.75, 3.05) is 77.4 Å². The van der Waals surface area contributed by atoms with Crippen LogP contribution in [0.3, 0.4) is 0 Å². The van der Waals surface area contributed by atoms with E-state index in [1.807, 2.05) is 18.3 Å². The normalized spacial score (nSPS) is 16.1. The van der Waals surface area contributed by atoms with Gasteiger partial charge in [-0.2, -0.15) is 0 Å². The first-order chi connectivity index (χ1) is 28.0. The number of nitrogens with one attached hydrogen (secondary N) is 5. The number of likely N-dealkylation sites (N-methyl/N-ethyl adjacent to an activating group) is 1. The van der Waals surface area contributed by atoms with Crippen molar-refractivity contribution in [1.29, 1.82) is 0 Å². The van der Waals surface area contributed by atoms with E-state index in [9.17, 15) is 9.59 Å². The van der Waals surface area contributed by atoms with Crippen molar-refractivity contribution in [3.05, 3.63) is 98.7 Å². The fourth-order valence-electron chi connectivity index (χ4n) is 8.01. The number of hydrogen-bond acceptors (Lipinski definition) is 10. The van der Waals surface area contributed by atoms with Crippen molar-refractivity contribution < 1.29 is 9.59 Å². The number of nitrogens with zero attached hydrogens (tertiary/aromatic N) is 5. The van der Waals surface area contributed by atoms with Crippen molar-refractivity contribution >= 4 is 61.4 Å². The Kier molecular flexibility index (Phi) is 12.9. The molecule has 2 aliphatic rings. The number of hydrogen-bond donors (Lipinski definition) is 5. The third-order valence-corrected chi connectivity index (χ3v) is 13.6. The minimum absolute atomic E-state index is 0.0394. The van der Waals surface area contributed by atoms with Crippen molar-refractivity contribution in [3.63, 3.8) is 0 Å². The second-order valence-electron chi connectivity index (χ2n) is 15.4. The minimum Gasteiger partial charge on any atom is -0.361 e. The molecule has 5 N–H and O–H groups in total. The lowest BCUT2D eigenvalue weighted by Crippen LogP contribution is -2.45. The number of unbranched alkanes of at least 4 members (excludes halogenated alkanes) is 1. The van der Waals surface area contributed by atoms with E-state index in [0.29, 0.717) is 17.8 Å². The first-order valence-corrected chi connectivity index (χ1v) is 22.1. The maximum absolute atomic E-state index is 13.8. The van der Waals surface area contributed by atoms with Crippen molar-refractivity contribution in [1.82, 2.24) is 45.7 Å². The number of piperazine rings is 2. The number of aromatic amines is 2. The van der Waals surface area contributed by atoms with Gasteiger partial charge in [0.05, 0.1) is 16.9 Å². The number of aromatic nitrogens is 4. The summed E-state index contributed by atoms with van der Waals surface area (Å²) in [6, 6.07) is 16.5. The fraction of sp³-hybridized carbons (Fsp3) is 0.442. The number of para-hydroxylation sites is 2. The molecular formula is C43H54N10O2S2. The van der Waals surface area contributed by atoms with Crippen LogP contribution >= 0.6 is 22.7 Å². The third kappa shape index (κ3) is 9.93. The van der Waals surface area contributed by atoms with Gasteiger partial charge in [0.2, 0.25) is 0 Å². The zero-order valence-electron chi connectivity index (χ0n) is 32.8. The Balaban J connectivity index is 0.922. The smallest absolute Gasteiger partial charge is 0.263 e. The van der Waals surface area contributed by atoms with Gasteiger partial charge >= 0.3 is 0 Å². The first-order valence-electron chi connectivity index (χ1n) is 20.5. The van der Waals surface area contributed by atoms with E-state index < -0.39 is 0 Å². The summed E-state index contributed by atoms with van der Waals surface area (Å²) in [4.78, 5) is 52.4. The minimum atomic E-state index is -0.0742. The van der Waals surface area contributed by atoms with Gasteiger partial charge in [-0.15, -0.1) is 11.3 Å². The summed E-state index contributed by atoms with van der Waals surface area (Å²) in [5.41, 5.74) is 5.49. The molecule has 6 heterocycles. The molecule has 2 aliphatic heterocycles. The molecule has 2 amide bonds. The number of thiazole rings is 2. The van der Waals surface area contributed by atoms with Crippen LogP contribution < -0.4 is 20.9 Å². The molecule has 14 heteroatoms. The third-order valence-electron chi connectivity index (χ3n) is 11.3. The lowest BCUT2D eigenvalue weighted by Gasteiger charge is -2.32. The van der Waals surface area contributed by atoms with Gasteiger partial charge in [-0.1, -0.05) is 54.2 Å². The standard InChI is InChI=1S/C43H54N10O2S2/c1-51-22-24-52(25-23-51)19-15-39-50-37(40(57-39)42(55)45-16-14-30-27-46-35-11-6-3-9-33(30)35)13-5-2-8-32(26-31-28-47-36-12-7-4-10-34(31)36)49-41(54)38-29-48-43(56-38)53-20-17-44-18-21-53/h3-4,6-7,9-12,27-29,32,44,46-47H,2,5,8,13-26H2,1H3,(H,45,55)(H,49,54). The molecule has 0 bridgehead atoms. The highest BCUT2D eigenvalue weighted by Crippen LogP contribution is 2.26. The van der Waals surface area contributed by atoms with E-state index in [2.05, 4.69) is 95.2 Å². The van der Waals surface area contributed by atoms with Crippen LogP contribution in [0.25, 0.3) is 21.8 Å². The monoisotopic (exact) mass is 806 g/mol.